The third-order valence-corrected chi connectivity index (χ3v) is 3.10. The summed E-state index contributed by atoms with van der Waals surface area (Å²) in [6.07, 6.45) is 3.50. The zero-order valence-corrected chi connectivity index (χ0v) is 11.5. The van der Waals surface area contributed by atoms with Crippen molar-refractivity contribution >= 4 is 5.97 Å². The molecule has 19 heavy (non-hydrogen) atoms. The van der Waals surface area contributed by atoms with E-state index in [1.54, 1.807) is 12.1 Å². The van der Waals surface area contributed by atoms with Gasteiger partial charge < -0.3 is 10.2 Å². The van der Waals surface area contributed by atoms with Crippen molar-refractivity contribution in [3.05, 3.63) is 35.4 Å². The molecule has 0 aromatic heterocycles. The Balaban J connectivity index is 2.54. The molecule has 0 unspecified atom stereocenters. The molecule has 1 aromatic rings. The highest BCUT2D eigenvalue weighted by Gasteiger charge is 2.06. The number of hydrogen-bond donors (Lipinski definition) is 2. The van der Waals surface area contributed by atoms with E-state index < -0.39 is 5.97 Å². The summed E-state index contributed by atoms with van der Waals surface area (Å²) in [6.45, 7) is 4.70. The number of aliphatic hydroxyl groups is 1. The van der Waals surface area contributed by atoms with Crippen molar-refractivity contribution in [1.82, 2.24) is 4.90 Å². The molecule has 0 fully saturated rings. The molecular weight excluding hydrogens is 242 g/mol. The Labute approximate surface area is 114 Å². The normalized spacial score (nSPS) is 10.9. The number of benzene rings is 1. The van der Waals surface area contributed by atoms with Gasteiger partial charge in [0, 0.05) is 13.1 Å². The fourth-order valence-corrected chi connectivity index (χ4v) is 2.01. The SMILES string of the molecule is CCCCCN(CCO)Cc1ccc(C(=O)O)cc1. The minimum absolute atomic E-state index is 0.152. The van der Waals surface area contributed by atoms with Gasteiger partial charge in [-0.25, -0.2) is 4.79 Å². The smallest absolute Gasteiger partial charge is 0.335 e. The molecule has 0 aliphatic rings. The van der Waals surface area contributed by atoms with Gasteiger partial charge in [-0.05, 0) is 30.7 Å². The van der Waals surface area contributed by atoms with Crippen molar-refractivity contribution in [2.45, 2.75) is 32.7 Å². The Bertz CT molecular complexity index is 375. The van der Waals surface area contributed by atoms with E-state index in [0.717, 1.165) is 25.1 Å². The first kappa shape index (κ1) is 15.7. The Morgan fingerprint density at radius 2 is 1.84 bits per heavy atom. The quantitative estimate of drug-likeness (QED) is 0.673. The zero-order chi connectivity index (χ0) is 14.1. The third-order valence-electron chi connectivity index (χ3n) is 3.10. The Morgan fingerprint density at radius 3 is 2.37 bits per heavy atom. The van der Waals surface area contributed by atoms with Crippen LogP contribution >= 0.6 is 0 Å². The highest BCUT2D eigenvalue weighted by atomic mass is 16.4. The maximum absolute atomic E-state index is 10.8. The predicted octanol–water partition coefficient (Wildman–Crippen LogP) is 2.37. The summed E-state index contributed by atoms with van der Waals surface area (Å²) in [5.41, 5.74) is 1.39. The molecule has 0 saturated heterocycles. The average molecular weight is 265 g/mol. The lowest BCUT2D eigenvalue weighted by Crippen LogP contribution is -2.27. The molecule has 0 atom stereocenters. The summed E-state index contributed by atoms with van der Waals surface area (Å²) >= 11 is 0. The zero-order valence-electron chi connectivity index (χ0n) is 11.5. The molecule has 106 valence electrons. The number of carbonyl (C=O) groups is 1. The highest BCUT2D eigenvalue weighted by Crippen LogP contribution is 2.09. The van der Waals surface area contributed by atoms with Crippen molar-refractivity contribution in [1.29, 1.82) is 0 Å². The standard InChI is InChI=1S/C15H23NO3/c1-2-3-4-9-16(10-11-17)12-13-5-7-14(8-6-13)15(18)19/h5-8,17H,2-4,9-12H2,1H3,(H,18,19). The number of unbranched alkanes of at least 4 members (excludes halogenated alkanes) is 2. The molecule has 1 aromatic carbocycles. The van der Waals surface area contributed by atoms with Crippen LogP contribution in [0.15, 0.2) is 24.3 Å². The van der Waals surface area contributed by atoms with Gasteiger partial charge in [-0.1, -0.05) is 31.9 Å². The van der Waals surface area contributed by atoms with Gasteiger partial charge in [-0.3, -0.25) is 4.90 Å². The van der Waals surface area contributed by atoms with Gasteiger partial charge in [0.1, 0.15) is 0 Å². The van der Waals surface area contributed by atoms with E-state index >= 15 is 0 Å². The summed E-state index contributed by atoms with van der Waals surface area (Å²) in [6, 6.07) is 6.93. The van der Waals surface area contributed by atoms with Gasteiger partial charge in [-0.2, -0.15) is 0 Å². The van der Waals surface area contributed by atoms with E-state index in [4.69, 9.17) is 10.2 Å². The lowest BCUT2D eigenvalue weighted by molar-refractivity contribution is 0.0697. The van der Waals surface area contributed by atoms with Gasteiger partial charge in [0.25, 0.3) is 0 Å². The third kappa shape index (κ3) is 5.85. The van der Waals surface area contributed by atoms with E-state index in [1.165, 1.54) is 12.8 Å². The molecule has 0 saturated carbocycles. The summed E-state index contributed by atoms with van der Waals surface area (Å²) in [7, 11) is 0. The Morgan fingerprint density at radius 1 is 1.16 bits per heavy atom. The second-order valence-corrected chi connectivity index (χ2v) is 4.71. The summed E-state index contributed by atoms with van der Waals surface area (Å²) < 4.78 is 0. The fraction of sp³-hybridized carbons (Fsp3) is 0.533. The minimum Gasteiger partial charge on any atom is -0.478 e. The lowest BCUT2D eigenvalue weighted by Gasteiger charge is -2.21. The summed E-state index contributed by atoms with van der Waals surface area (Å²) in [5, 5.41) is 17.9. The molecule has 0 bridgehead atoms. The maximum Gasteiger partial charge on any atom is 0.335 e. The highest BCUT2D eigenvalue weighted by molar-refractivity contribution is 5.87. The molecule has 4 nitrogen and oxygen atoms in total. The van der Waals surface area contributed by atoms with Crippen LogP contribution in [0.4, 0.5) is 0 Å². The van der Waals surface area contributed by atoms with Gasteiger partial charge in [0.2, 0.25) is 0 Å². The van der Waals surface area contributed by atoms with Crippen LogP contribution in [0.2, 0.25) is 0 Å². The largest absolute Gasteiger partial charge is 0.478 e. The van der Waals surface area contributed by atoms with E-state index in [9.17, 15) is 4.79 Å². The van der Waals surface area contributed by atoms with Crippen molar-refractivity contribution in [2.24, 2.45) is 0 Å². The number of rotatable bonds is 9. The average Bonchev–Trinajstić information content (AvgIpc) is 2.40. The Hall–Kier alpha value is -1.39. The second-order valence-electron chi connectivity index (χ2n) is 4.71. The molecule has 1 rings (SSSR count). The number of hydrogen-bond acceptors (Lipinski definition) is 3. The van der Waals surface area contributed by atoms with Crippen LogP contribution in [0.3, 0.4) is 0 Å². The van der Waals surface area contributed by atoms with Gasteiger partial charge in [0.15, 0.2) is 0 Å². The first-order valence-electron chi connectivity index (χ1n) is 6.82. The minimum atomic E-state index is -0.901. The predicted molar refractivity (Wildman–Crippen MR) is 75.3 cm³/mol. The van der Waals surface area contributed by atoms with Gasteiger partial charge >= 0.3 is 5.97 Å². The van der Waals surface area contributed by atoms with Gasteiger partial charge in [0.05, 0.1) is 12.2 Å². The first-order valence-corrected chi connectivity index (χ1v) is 6.82. The second kappa shape index (κ2) is 8.67. The number of carboxylic acid groups (broad SMARTS) is 1. The summed E-state index contributed by atoms with van der Waals surface area (Å²) in [4.78, 5) is 13.0. The topological polar surface area (TPSA) is 60.8 Å². The molecule has 0 aliphatic carbocycles. The van der Waals surface area contributed by atoms with E-state index in [2.05, 4.69) is 11.8 Å². The van der Waals surface area contributed by atoms with Crippen LogP contribution in [0.25, 0.3) is 0 Å². The Kier molecular flexibility index (Phi) is 7.15. The van der Waals surface area contributed by atoms with Crippen LogP contribution in [-0.2, 0) is 6.54 Å². The molecule has 2 N–H and O–H groups in total. The van der Waals surface area contributed by atoms with Crippen molar-refractivity contribution in [2.75, 3.05) is 19.7 Å². The van der Waals surface area contributed by atoms with Crippen LogP contribution in [0.5, 0.6) is 0 Å². The lowest BCUT2D eigenvalue weighted by atomic mass is 10.1. The molecule has 0 aliphatic heterocycles. The molecule has 4 heteroatoms. The van der Waals surface area contributed by atoms with E-state index in [0.29, 0.717) is 12.1 Å². The molecule has 0 heterocycles. The van der Waals surface area contributed by atoms with Crippen LogP contribution < -0.4 is 0 Å². The van der Waals surface area contributed by atoms with Crippen molar-refractivity contribution in [3.8, 4) is 0 Å². The molecule has 0 radical (unpaired) electrons. The molecular formula is C15H23NO3. The number of carboxylic acids is 1. The van der Waals surface area contributed by atoms with E-state index in [-0.39, 0.29) is 6.61 Å². The fourth-order valence-electron chi connectivity index (χ4n) is 2.01. The maximum atomic E-state index is 10.8. The van der Waals surface area contributed by atoms with Crippen molar-refractivity contribution in [3.63, 3.8) is 0 Å². The van der Waals surface area contributed by atoms with Crippen LogP contribution in [-0.4, -0.2) is 40.8 Å². The monoisotopic (exact) mass is 265 g/mol. The first-order chi connectivity index (χ1) is 9.17. The van der Waals surface area contributed by atoms with Crippen molar-refractivity contribution < 1.29 is 15.0 Å². The van der Waals surface area contributed by atoms with Crippen LogP contribution in [0, 0.1) is 0 Å². The van der Waals surface area contributed by atoms with Crippen LogP contribution in [0.1, 0.15) is 42.1 Å². The molecule has 0 amide bonds. The number of aromatic carboxylic acids is 1. The molecule has 0 spiro atoms. The summed E-state index contributed by atoms with van der Waals surface area (Å²) in [5.74, 6) is -0.901. The van der Waals surface area contributed by atoms with E-state index in [1.807, 2.05) is 12.1 Å². The van der Waals surface area contributed by atoms with Gasteiger partial charge in [-0.15, -0.1) is 0 Å². The number of nitrogens with zero attached hydrogens (tertiary/aromatic N) is 1. The number of aliphatic hydroxyl groups excluding tert-OH is 1.